The van der Waals surface area contributed by atoms with Gasteiger partial charge in [-0.1, -0.05) is 6.07 Å². The molecule has 0 spiro atoms. The molecule has 1 aliphatic heterocycles. The average molecular weight is 430 g/mol. The Balaban J connectivity index is 1.55. The van der Waals surface area contributed by atoms with E-state index in [-0.39, 0.29) is 10.9 Å². The number of sulfonamides is 1. The Hall–Kier alpha value is -2.09. The van der Waals surface area contributed by atoms with Gasteiger partial charge in [-0.2, -0.15) is 0 Å². The van der Waals surface area contributed by atoms with E-state index in [1.54, 1.807) is 31.4 Å². The second kappa shape index (κ2) is 8.57. The van der Waals surface area contributed by atoms with Crippen molar-refractivity contribution in [3.63, 3.8) is 0 Å². The maximum absolute atomic E-state index is 12.9. The third-order valence-electron chi connectivity index (χ3n) is 6.37. The van der Waals surface area contributed by atoms with Gasteiger partial charge in [0, 0.05) is 37.9 Å². The second-order valence-corrected chi connectivity index (χ2v) is 10.1. The smallest absolute Gasteiger partial charge is 0.240 e. The highest BCUT2D eigenvalue weighted by Gasteiger charge is 2.28. The Morgan fingerprint density at radius 2 is 1.70 bits per heavy atom. The molecule has 1 atom stereocenters. The summed E-state index contributed by atoms with van der Waals surface area (Å²) in [7, 11) is 0.161. The lowest BCUT2D eigenvalue weighted by Gasteiger charge is -2.37. The van der Waals surface area contributed by atoms with E-state index in [0.717, 1.165) is 45.4 Å². The minimum absolute atomic E-state index is 0.0994. The standard InChI is InChI=1S/C23H31N3O3S/c1-17-4-11-23(26-14-12-25(2)13-15-26)22-16-18(5-10-21(17)22)24-30(27,28)20-8-6-19(29-3)7-9-20/h4,6-9,11,18,24H,5,10,12-16H2,1-3H3/t18-/m1/s1. The van der Waals surface area contributed by atoms with Gasteiger partial charge in [-0.3, -0.25) is 0 Å². The monoisotopic (exact) mass is 429 g/mol. The third kappa shape index (κ3) is 4.33. The highest BCUT2D eigenvalue weighted by Crippen LogP contribution is 2.34. The first-order chi connectivity index (χ1) is 14.4. The number of likely N-dealkylation sites (N-methyl/N-ethyl adjacent to an activating group) is 1. The van der Waals surface area contributed by atoms with E-state index in [4.69, 9.17) is 4.74 Å². The fourth-order valence-corrected chi connectivity index (χ4v) is 5.80. The topological polar surface area (TPSA) is 61.9 Å². The maximum atomic E-state index is 12.9. The third-order valence-corrected chi connectivity index (χ3v) is 7.91. The van der Waals surface area contributed by atoms with E-state index in [1.807, 2.05) is 0 Å². The molecule has 2 aliphatic rings. The van der Waals surface area contributed by atoms with Crippen LogP contribution in [0.4, 0.5) is 5.69 Å². The zero-order chi connectivity index (χ0) is 21.3. The van der Waals surface area contributed by atoms with Crippen LogP contribution in [-0.2, 0) is 22.9 Å². The lowest BCUT2D eigenvalue weighted by molar-refractivity contribution is 0.312. The number of rotatable bonds is 5. The normalized spacial score (nSPS) is 20.1. The molecule has 30 heavy (non-hydrogen) atoms. The molecule has 2 aromatic carbocycles. The van der Waals surface area contributed by atoms with Gasteiger partial charge in [0.15, 0.2) is 0 Å². The molecule has 1 fully saturated rings. The molecule has 1 heterocycles. The number of anilines is 1. The van der Waals surface area contributed by atoms with Crippen molar-refractivity contribution in [2.75, 3.05) is 45.2 Å². The molecule has 4 rings (SSSR count). The molecule has 0 saturated carbocycles. The van der Waals surface area contributed by atoms with Gasteiger partial charge in [-0.15, -0.1) is 0 Å². The van der Waals surface area contributed by atoms with Gasteiger partial charge in [0.1, 0.15) is 5.75 Å². The van der Waals surface area contributed by atoms with Gasteiger partial charge >= 0.3 is 0 Å². The fourth-order valence-electron chi connectivity index (χ4n) is 4.53. The molecule has 6 nitrogen and oxygen atoms in total. The van der Waals surface area contributed by atoms with Gasteiger partial charge in [0.05, 0.1) is 12.0 Å². The highest BCUT2D eigenvalue weighted by molar-refractivity contribution is 7.89. The Morgan fingerprint density at radius 3 is 2.37 bits per heavy atom. The predicted octanol–water partition coefficient (Wildman–Crippen LogP) is 2.59. The van der Waals surface area contributed by atoms with E-state index in [0.29, 0.717) is 5.75 Å². The summed E-state index contributed by atoms with van der Waals surface area (Å²) in [4.78, 5) is 5.08. The Morgan fingerprint density at radius 1 is 1.00 bits per heavy atom. The summed E-state index contributed by atoms with van der Waals surface area (Å²) in [5.74, 6) is 0.646. The summed E-state index contributed by atoms with van der Waals surface area (Å²) >= 11 is 0. The quantitative estimate of drug-likeness (QED) is 0.792. The molecule has 1 saturated heterocycles. The number of fused-ring (bicyclic) bond motifs is 1. The van der Waals surface area contributed by atoms with Crippen LogP contribution in [0.25, 0.3) is 0 Å². The van der Waals surface area contributed by atoms with Gasteiger partial charge < -0.3 is 14.5 Å². The van der Waals surface area contributed by atoms with Gasteiger partial charge in [-0.25, -0.2) is 13.1 Å². The van der Waals surface area contributed by atoms with Crippen LogP contribution in [0.1, 0.15) is 23.1 Å². The lowest BCUT2D eigenvalue weighted by atomic mass is 9.84. The molecule has 0 aromatic heterocycles. The Labute approximate surface area is 179 Å². The minimum Gasteiger partial charge on any atom is -0.497 e. The molecule has 162 valence electrons. The van der Waals surface area contributed by atoms with Crippen LogP contribution in [0, 0.1) is 6.92 Å². The van der Waals surface area contributed by atoms with Crippen molar-refractivity contribution in [3.05, 3.63) is 53.1 Å². The number of nitrogens with one attached hydrogen (secondary N) is 1. The molecule has 0 unspecified atom stereocenters. The molecule has 0 radical (unpaired) electrons. The first-order valence-electron chi connectivity index (χ1n) is 10.6. The summed E-state index contributed by atoms with van der Waals surface area (Å²) in [5, 5.41) is 0. The van der Waals surface area contributed by atoms with Crippen LogP contribution in [0.5, 0.6) is 5.75 Å². The van der Waals surface area contributed by atoms with Crippen molar-refractivity contribution in [2.24, 2.45) is 0 Å². The van der Waals surface area contributed by atoms with Crippen LogP contribution < -0.4 is 14.4 Å². The second-order valence-electron chi connectivity index (χ2n) is 8.39. The summed E-state index contributed by atoms with van der Waals surface area (Å²) in [6.45, 7) is 6.28. The predicted molar refractivity (Wildman–Crippen MR) is 120 cm³/mol. The van der Waals surface area contributed by atoms with Gasteiger partial charge in [0.25, 0.3) is 0 Å². The first-order valence-corrected chi connectivity index (χ1v) is 12.1. The number of piperazine rings is 1. The fraction of sp³-hybridized carbons (Fsp3) is 0.478. The molecule has 0 amide bonds. The van der Waals surface area contributed by atoms with E-state index in [1.165, 1.54) is 22.4 Å². The number of hydrogen-bond donors (Lipinski definition) is 1. The molecule has 1 aliphatic carbocycles. The summed E-state index contributed by atoms with van der Waals surface area (Å²) < 4.78 is 34.0. The summed E-state index contributed by atoms with van der Waals surface area (Å²) in [5.41, 5.74) is 5.29. The number of methoxy groups -OCH3 is 1. The molecular formula is C23H31N3O3S. The van der Waals surface area contributed by atoms with E-state index in [9.17, 15) is 8.42 Å². The van der Waals surface area contributed by atoms with Crippen LogP contribution in [0.15, 0.2) is 41.3 Å². The minimum atomic E-state index is -3.57. The van der Waals surface area contributed by atoms with Crippen molar-refractivity contribution in [3.8, 4) is 5.75 Å². The van der Waals surface area contributed by atoms with Crippen LogP contribution in [-0.4, -0.2) is 59.7 Å². The number of ether oxygens (including phenoxy) is 1. The number of nitrogens with zero attached hydrogens (tertiary/aromatic N) is 2. The molecule has 1 N–H and O–H groups in total. The van der Waals surface area contributed by atoms with E-state index >= 15 is 0 Å². The average Bonchev–Trinajstić information content (AvgIpc) is 2.74. The van der Waals surface area contributed by atoms with E-state index in [2.05, 4.69) is 40.6 Å². The van der Waals surface area contributed by atoms with Crippen molar-refractivity contribution in [1.82, 2.24) is 9.62 Å². The zero-order valence-corrected chi connectivity index (χ0v) is 18.8. The number of aryl methyl sites for hydroxylation is 1. The maximum Gasteiger partial charge on any atom is 0.240 e. The number of benzene rings is 2. The van der Waals surface area contributed by atoms with Crippen LogP contribution in [0.3, 0.4) is 0 Å². The molecule has 0 bridgehead atoms. The SMILES string of the molecule is COc1ccc(S(=O)(=O)N[C@@H]2CCc3c(C)ccc(N4CCN(C)CC4)c3C2)cc1. The van der Waals surface area contributed by atoms with Crippen LogP contribution >= 0.6 is 0 Å². The number of hydrogen-bond acceptors (Lipinski definition) is 5. The molecule has 2 aromatic rings. The lowest BCUT2D eigenvalue weighted by Crippen LogP contribution is -2.45. The largest absolute Gasteiger partial charge is 0.497 e. The highest BCUT2D eigenvalue weighted by atomic mass is 32.2. The van der Waals surface area contributed by atoms with Crippen molar-refractivity contribution in [1.29, 1.82) is 0 Å². The van der Waals surface area contributed by atoms with Gasteiger partial charge in [-0.05, 0) is 80.3 Å². The Kier molecular flexibility index (Phi) is 6.04. The molecule has 7 heteroatoms. The first kappa shape index (κ1) is 21.2. The van der Waals surface area contributed by atoms with Crippen LogP contribution in [0.2, 0.25) is 0 Å². The summed E-state index contributed by atoms with van der Waals surface area (Å²) in [6, 6.07) is 10.9. The Bertz CT molecular complexity index is 997. The van der Waals surface area contributed by atoms with Crippen molar-refractivity contribution in [2.45, 2.75) is 37.1 Å². The molecular weight excluding hydrogens is 398 g/mol. The van der Waals surface area contributed by atoms with Crippen molar-refractivity contribution < 1.29 is 13.2 Å². The zero-order valence-electron chi connectivity index (χ0n) is 18.0. The van der Waals surface area contributed by atoms with Crippen molar-refractivity contribution >= 4 is 15.7 Å². The van der Waals surface area contributed by atoms with E-state index < -0.39 is 10.0 Å². The van der Waals surface area contributed by atoms with Gasteiger partial charge in [0.2, 0.25) is 10.0 Å². The summed E-state index contributed by atoms with van der Waals surface area (Å²) in [6.07, 6.45) is 2.45.